The Balaban J connectivity index is 1.11. The number of aromatic hydroxyl groups is 1. The van der Waals surface area contributed by atoms with E-state index in [9.17, 15) is 14.6 Å². The summed E-state index contributed by atoms with van der Waals surface area (Å²) in [5, 5.41) is 22.8. The normalized spacial score (nSPS) is 28.5. The van der Waals surface area contributed by atoms with E-state index < -0.39 is 17.2 Å². The summed E-state index contributed by atoms with van der Waals surface area (Å²) in [4.78, 5) is 18.7. The van der Waals surface area contributed by atoms with E-state index in [0.717, 1.165) is 64.5 Å². The maximum atomic E-state index is 17.1. The van der Waals surface area contributed by atoms with Crippen LogP contribution in [-0.2, 0) is 9.47 Å². The highest BCUT2D eigenvalue weighted by Gasteiger charge is 2.53. The van der Waals surface area contributed by atoms with Gasteiger partial charge < -0.3 is 29.3 Å². The molecule has 0 bridgehead atoms. The van der Waals surface area contributed by atoms with Gasteiger partial charge in [0.15, 0.2) is 5.82 Å². The molecule has 0 amide bonds. The Kier molecular flexibility index (Phi) is 8.92. The molecule has 2 saturated carbocycles. The van der Waals surface area contributed by atoms with Gasteiger partial charge in [0.25, 0.3) is 0 Å². The first kappa shape index (κ1) is 35.5. The number of anilines is 1. The van der Waals surface area contributed by atoms with Crippen molar-refractivity contribution in [3.63, 3.8) is 0 Å². The number of phenolic OH excluding ortho intramolecular Hbond substituents is 1. The van der Waals surface area contributed by atoms with E-state index in [1.165, 1.54) is 43.3 Å². The molecule has 5 aliphatic rings. The van der Waals surface area contributed by atoms with Crippen molar-refractivity contribution >= 4 is 27.5 Å². The Bertz CT molecular complexity index is 2150. The SMILES string of the molecule is C#Cc1c(F)ccc2cc(O)cc(-c3ncc4c(N5CCOCC(C)(O)C5)nc(OCC56CCCC5N(C5COC7(CCCC7)C5)CCC6)nc4c3F)c12. The molecular formula is C42H47F2N5O5. The van der Waals surface area contributed by atoms with Crippen LogP contribution in [0.2, 0.25) is 0 Å². The van der Waals surface area contributed by atoms with E-state index >= 15 is 4.39 Å². The largest absolute Gasteiger partial charge is 0.508 e. The summed E-state index contributed by atoms with van der Waals surface area (Å²) in [6, 6.07) is 6.28. The second-order valence-corrected chi connectivity index (χ2v) is 16.6. The molecule has 5 heterocycles. The summed E-state index contributed by atoms with van der Waals surface area (Å²) in [5.74, 6) is 1.18. The summed E-state index contributed by atoms with van der Waals surface area (Å²) < 4.78 is 50.9. The van der Waals surface area contributed by atoms with Crippen molar-refractivity contribution in [3.8, 4) is 35.4 Å². The van der Waals surface area contributed by atoms with E-state index in [0.29, 0.717) is 48.4 Å². The first-order valence-electron chi connectivity index (χ1n) is 19.4. The lowest BCUT2D eigenvalue weighted by atomic mass is 9.74. The van der Waals surface area contributed by atoms with Crippen molar-refractivity contribution in [1.82, 2.24) is 19.9 Å². The van der Waals surface area contributed by atoms with E-state index in [4.69, 9.17) is 30.6 Å². The minimum Gasteiger partial charge on any atom is -0.508 e. The smallest absolute Gasteiger partial charge is 0.319 e. The van der Waals surface area contributed by atoms with E-state index in [-0.39, 0.29) is 63.7 Å². The van der Waals surface area contributed by atoms with Crippen molar-refractivity contribution in [2.45, 2.75) is 94.4 Å². The van der Waals surface area contributed by atoms with Crippen LogP contribution in [0.15, 0.2) is 30.5 Å². The molecule has 1 spiro atoms. The Morgan fingerprint density at radius 1 is 1.07 bits per heavy atom. The number of nitrogens with zero attached hydrogens (tertiary/aromatic N) is 5. The molecule has 12 heteroatoms. The predicted molar refractivity (Wildman–Crippen MR) is 201 cm³/mol. The lowest BCUT2D eigenvalue weighted by molar-refractivity contribution is -0.0267. The van der Waals surface area contributed by atoms with Crippen LogP contribution in [0, 0.1) is 29.4 Å². The molecule has 2 aromatic heterocycles. The highest BCUT2D eigenvalue weighted by Crippen LogP contribution is 2.51. The van der Waals surface area contributed by atoms with Gasteiger partial charge in [-0.15, -0.1) is 6.42 Å². The molecular weight excluding hydrogens is 692 g/mol. The number of β-amino-alcohol motifs (C(OH)–C–C–N with tert-alkyl or cyclic N) is 1. The van der Waals surface area contributed by atoms with Gasteiger partial charge in [0.1, 0.15) is 34.2 Å². The van der Waals surface area contributed by atoms with Gasteiger partial charge in [0, 0.05) is 41.2 Å². The summed E-state index contributed by atoms with van der Waals surface area (Å²) in [6.45, 7) is 4.95. The number of rotatable bonds is 6. The van der Waals surface area contributed by atoms with Gasteiger partial charge in [-0.2, -0.15) is 9.97 Å². The number of aliphatic hydroxyl groups is 1. The minimum atomic E-state index is -1.19. The van der Waals surface area contributed by atoms with Crippen LogP contribution in [0.4, 0.5) is 14.6 Å². The number of hydrogen-bond donors (Lipinski definition) is 2. The molecule has 2 N–H and O–H groups in total. The van der Waals surface area contributed by atoms with Crippen molar-refractivity contribution in [3.05, 3.63) is 47.7 Å². The highest BCUT2D eigenvalue weighted by atomic mass is 19.1. The molecule has 0 radical (unpaired) electrons. The van der Waals surface area contributed by atoms with Gasteiger partial charge in [0.2, 0.25) is 0 Å². The quantitative estimate of drug-likeness (QED) is 0.212. The summed E-state index contributed by atoms with van der Waals surface area (Å²) >= 11 is 0. The average molecular weight is 740 g/mol. The van der Waals surface area contributed by atoms with Gasteiger partial charge >= 0.3 is 6.01 Å². The Morgan fingerprint density at radius 3 is 2.74 bits per heavy atom. The van der Waals surface area contributed by atoms with E-state index in [2.05, 4.69) is 15.8 Å². The van der Waals surface area contributed by atoms with Gasteiger partial charge in [-0.3, -0.25) is 9.88 Å². The van der Waals surface area contributed by atoms with E-state index in [1.807, 2.05) is 4.90 Å². The van der Waals surface area contributed by atoms with Gasteiger partial charge in [-0.25, -0.2) is 8.78 Å². The zero-order valence-electron chi connectivity index (χ0n) is 30.8. The van der Waals surface area contributed by atoms with Crippen LogP contribution >= 0.6 is 0 Å². The Labute approximate surface area is 313 Å². The maximum Gasteiger partial charge on any atom is 0.319 e. The monoisotopic (exact) mass is 739 g/mol. The van der Waals surface area contributed by atoms with Gasteiger partial charge in [-0.05, 0) is 82.0 Å². The van der Waals surface area contributed by atoms with Gasteiger partial charge in [-0.1, -0.05) is 31.2 Å². The van der Waals surface area contributed by atoms with Crippen LogP contribution < -0.4 is 9.64 Å². The number of ether oxygens (including phenoxy) is 3. The van der Waals surface area contributed by atoms with Gasteiger partial charge in [0.05, 0.1) is 49.5 Å². The number of fused-ring (bicyclic) bond motifs is 3. The molecule has 3 saturated heterocycles. The molecule has 10 nitrogen and oxygen atoms in total. The third-order valence-electron chi connectivity index (χ3n) is 12.9. The molecule has 4 atom stereocenters. The summed E-state index contributed by atoms with van der Waals surface area (Å²) in [7, 11) is 0. The molecule has 2 aromatic carbocycles. The molecule has 9 rings (SSSR count). The number of benzene rings is 2. The zero-order chi connectivity index (χ0) is 37.2. The number of terminal acetylenes is 1. The topological polar surface area (TPSA) is 113 Å². The summed E-state index contributed by atoms with van der Waals surface area (Å²) in [6.07, 6.45) is 18.5. The highest BCUT2D eigenvalue weighted by molar-refractivity contribution is 6.03. The number of hydrogen-bond acceptors (Lipinski definition) is 10. The molecule has 2 aliphatic carbocycles. The average Bonchev–Trinajstić information content (AvgIpc) is 3.89. The lowest BCUT2D eigenvalue weighted by Gasteiger charge is -2.48. The van der Waals surface area contributed by atoms with Crippen molar-refractivity contribution in [2.24, 2.45) is 5.41 Å². The fraction of sp³-hybridized carbons (Fsp3) is 0.548. The third-order valence-corrected chi connectivity index (χ3v) is 12.9. The standard InChI is InChI=1S/C42H47F2N5O5/c1-3-29-32(43)10-9-26-18-28(50)19-30(34(26)29)36-35(44)37-31(21-45-36)38(48-16-17-52-24-40(2,51)23-48)47-39(46-37)53-25-41-11-6-8-33(41)49(15-7-12-41)27-20-42(54-22-27)13-4-5-14-42/h1,9-10,18-19,21,27,33,50-51H,4-8,11-17,20,22-25H2,2H3. The second kappa shape index (κ2) is 13.6. The first-order chi connectivity index (χ1) is 26.1. The van der Waals surface area contributed by atoms with Crippen LogP contribution in [0.5, 0.6) is 11.8 Å². The van der Waals surface area contributed by atoms with Crippen molar-refractivity contribution in [2.75, 3.05) is 51.0 Å². The number of pyridine rings is 1. The summed E-state index contributed by atoms with van der Waals surface area (Å²) in [5.41, 5.74) is -1.36. The Morgan fingerprint density at radius 2 is 1.91 bits per heavy atom. The van der Waals surface area contributed by atoms with Crippen LogP contribution in [0.1, 0.15) is 76.7 Å². The van der Waals surface area contributed by atoms with Crippen molar-refractivity contribution in [1.29, 1.82) is 0 Å². The van der Waals surface area contributed by atoms with Crippen molar-refractivity contribution < 1.29 is 33.2 Å². The maximum absolute atomic E-state index is 17.1. The second-order valence-electron chi connectivity index (χ2n) is 16.6. The molecule has 284 valence electrons. The number of piperidine rings is 1. The third kappa shape index (κ3) is 6.13. The Hall–Kier alpha value is -4.15. The molecule has 4 aromatic rings. The molecule has 5 fully saturated rings. The first-order valence-corrected chi connectivity index (χ1v) is 19.4. The number of aromatic nitrogens is 3. The molecule has 3 aliphatic heterocycles. The molecule has 54 heavy (non-hydrogen) atoms. The zero-order valence-corrected chi connectivity index (χ0v) is 30.8. The van der Waals surface area contributed by atoms with Crippen LogP contribution in [-0.4, -0.2) is 99.4 Å². The minimum absolute atomic E-state index is 0.0285. The molecule has 4 unspecified atom stereocenters. The predicted octanol–water partition coefficient (Wildman–Crippen LogP) is 6.51. The fourth-order valence-corrected chi connectivity index (χ4v) is 10.4. The lowest BCUT2D eigenvalue weighted by Crippen LogP contribution is -2.55. The van der Waals surface area contributed by atoms with Crippen LogP contribution in [0.25, 0.3) is 32.9 Å². The van der Waals surface area contributed by atoms with Crippen LogP contribution in [0.3, 0.4) is 0 Å². The number of phenols is 1. The van der Waals surface area contributed by atoms with E-state index in [1.54, 1.807) is 6.92 Å². The number of halogens is 2. The fourth-order valence-electron chi connectivity index (χ4n) is 10.4. The number of likely N-dealkylation sites (tertiary alicyclic amines) is 1.